The predicted molar refractivity (Wildman–Crippen MR) is 73.4 cm³/mol. The molecule has 1 fully saturated rings. The topological polar surface area (TPSA) is 29.9 Å². The molecule has 6 heteroatoms. The van der Waals surface area contributed by atoms with Crippen LogP contribution in [0.5, 0.6) is 0 Å². The largest absolute Gasteiger partial charge is 0.416 e. The molecule has 2 aromatic rings. The molecule has 1 unspecified atom stereocenters. The molecule has 0 saturated carbocycles. The number of hydrogen-bond donors (Lipinski definition) is 1. The Morgan fingerprint density at radius 2 is 1.95 bits per heavy atom. The molecule has 0 spiro atoms. The third-order valence-corrected chi connectivity index (χ3v) is 3.86. The van der Waals surface area contributed by atoms with Crippen LogP contribution in [0.15, 0.2) is 36.8 Å². The summed E-state index contributed by atoms with van der Waals surface area (Å²) in [6.45, 7) is 1.90. The maximum atomic E-state index is 12.6. The average molecular weight is 295 g/mol. The summed E-state index contributed by atoms with van der Waals surface area (Å²) in [5.74, 6) is 0.351. The Kier molecular flexibility index (Phi) is 3.71. The van der Waals surface area contributed by atoms with Crippen LogP contribution < -0.4 is 5.32 Å². The van der Waals surface area contributed by atoms with Gasteiger partial charge in [0.15, 0.2) is 0 Å². The van der Waals surface area contributed by atoms with E-state index in [-0.39, 0.29) is 0 Å². The lowest BCUT2D eigenvalue weighted by Crippen LogP contribution is -2.29. The summed E-state index contributed by atoms with van der Waals surface area (Å²) in [4.78, 5) is 4.16. The second-order valence-corrected chi connectivity index (χ2v) is 5.28. The highest BCUT2D eigenvalue weighted by Crippen LogP contribution is 2.30. The van der Waals surface area contributed by atoms with Gasteiger partial charge in [0.1, 0.15) is 0 Å². The molecule has 2 heterocycles. The third-order valence-electron chi connectivity index (χ3n) is 3.86. The Bertz CT molecular complexity index is 595. The van der Waals surface area contributed by atoms with Gasteiger partial charge in [0.25, 0.3) is 0 Å². The van der Waals surface area contributed by atoms with E-state index in [1.54, 1.807) is 12.5 Å². The lowest BCUT2D eigenvalue weighted by molar-refractivity contribution is -0.137. The van der Waals surface area contributed by atoms with Crippen molar-refractivity contribution in [2.24, 2.45) is 0 Å². The molecule has 1 atom stereocenters. The van der Waals surface area contributed by atoms with E-state index in [2.05, 4.69) is 10.3 Å². The van der Waals surface area contributed by atoms with Crippen LogP contribution in [-0.2, 0) is 6.18 Å². The number of piperidine rings is 1. The smallest absolute Gasteiger partial charge is 0.316 e. The number of aromatic nitrogens is 2. The van der Waals surface area contributed by atoms with E-state index >= 15 is 0 Å². The average Bonchev–Trinajstić information content (AvgIpc) is 2.97. The summed E-state index contributed by atoms with van der Waals surface area (Å²) in [7, 11) is 0. The number of nitrogens with one attached hydrogen (secondary N) is 1. The first-order valence-electron chi connectivity index (χ1n) is 6.96. The van der Waals surface area contributed by atoms with Crippen molar-refractivity contribution >= 4 is 0 Å². The van der Waals surface area contributed by atoms with Gasteiger partial charge >= 0.3 is 6.18 Å². The molecule has 0 bridgehead atoms. The van der Waals surface area contributed by atoms with Crippen molar-refractivity contribution in [3.05, 3.63) is 48.0 Å². The summed E-state index contributed by atoms with van der Waals surface area (Å²) in [5, 5.41) is 3.34. The molecule has 3 nitrogen and oxygen atoms in total. The number of alkyl halides is 3. The van der Waals surface area contributed by atoms with Gasteiger partial charge in [-0.15, -0.1) is 0 Å². The van der Waals surface area contributed by atoms with Crippen molar-refractivity contribution in [2.75, 3.05) is 13.1 Å². The second-order valence-electron chi connectivity index (χ2n) is 5.28. The van der Waals surface area contributed by atoms with Crippen LogP contribution in [0.1, 0.15) is 30.0 Å². The fourth-order valence-electron chi connectivity index (χ4n) is 2.74. The summed E-state index contributed by atoms with van der Waals surface area (Å²) in [6, 6.07) is 5.20. The van der Waals surface area contributed by atoms with E-state index in [0.29, 0.717) is 11.6 Å². The number of hydrogen-bond acceptors (Lipinski definition) is 2. The van der Waals surface area contributed by atoms with Crippen LogP contribution in [0.2, 0.25) is 0 Å². The van der Waals surface area contributed by atoms with Gasteiger partial charge in [0, 0.05) is 30.0 Å². The Hall–Kier alpha value is -1.82. The van der Waals surface area contributed by atoms with E-state index < -0.39 is 11.7 Å². The molecule has 1 aliphatic heterocycles. The minimum atomic E-state index is -4.30. The minimum absolute atomic E-state index is 0.351. The zero-order valence-electron chi connectivity index (χ0n) is 11.4. The van der Waals surface area contributed by atoms with E-state index in [4.69, 9.17) is 0 Å². The van der Waals surface area contributed by atoms with Gasteiger partial charge in [-0.05, 0) is 43.7 Å². The Balaban J connectivity index is 1.89. The van der Waals surface area contributed by atoms with Gasteiger partial charge in [-0.3, -0.25) is 0 Å². The summed E-state index contributed by atoms with van der Waals surface area (Å²) < 4.78 is 39.7. The lowest BCUT2D eigenvalue weighted by Gasteiger charge is -2.23. The van der Waals surface area contributed by atoms with Crippen molar-refractivity contribution in [1.82, 2.24) is 14.9 Å². The first-order chi connectivity index (χ1) is 10.1. The van der Waals surface area contributed by atoms with Crippen LogP contribution in [0, 0.1) is 0 Å². The number of imidazole rings is 1. The maximum absolute atomic E-state index is 12.6. The van der Waals surface area contributed by atoms with E-state index in [1.807, 2.05) is 4.57 Å². The van der Waals surface area contributed by atoms with Gasteiger partial charge in [-0.1, -0.05) is 0 Å². The maximum Gasteiger partial charge on any atom is 0.416 e. The van der Waals surface area contributed by atoms with Crippen LogP contribution in [-0.4, -0.2) is 22.6 Å². The lowest BCUT2D eigenvalue weighted by atomic mass is 9.96. The second kappa shape index (κ2) is 5.52. The van der Waals surface area contributed by atoms with E-state index in [0.717, 1.165) is 43.8 Å². The first-order valence-corrected chi connectivity index (χ1v) is 6.96. The van der Waals surface area contributed by atoms with Crippen LogP contribution in [0.25, 0.3) is 5.69 Å². The van der Waals surface area contributed by atoms with E-state index in [9.17, 15) is 13.2 Å². The SMILES string of the molecule is FC(F)(F)c1ccc(-n2cncc2C2CCCNC2)cc1. The number of benzene rings is 1. The summed E-state index contributed by atoms with van der Waals surface area (Å²) in [6.07, 6.45) is 1.33. The molecule has 1 N–H and O–H groups in total. The first kappa shape index (κ1) is 14.1. The fourth-order valence-corrected chi connectivity index (χ4v) is 2.74. The highest BCUT2D eigenvalue weighted by molar-refractivity contribution is 5.37. The molecular weight excluding hydrogens is 279 g/mol. The Morgan fingerprint density at radius 1 is 1.19 bits per heavy atom. The molecule has 0 radical (unpaired) electrons. The van der Waals surface area contributed by atoms with Crippen molar-refractivity contribution < 1.29 is 13.2 Å². The molecule has 1 aromatic heterocycles. The molecule has 0 aliphatic carbocycles. The normalized spacial score (nSPS) is 19.7. The summed E-state index contributed by atoms with van der Waals surface area (Å²) in [5.41, 5.74) is 1.12. The van der Waals surface area contributed by atoms with Crippen LogP contribution >= 0.6 is 0 Å². The van der Waals surface area contributed by atoms with Gasteiger partial charge < -0.3 is 9.88 Å². The predicted octanol–water partition coefficient (Wildman–Crippen LogP) is 3.36. The number of halogens is 3. The molecule has 1 aromatic carbocycles. The zero-order valence-corrected chi connectivity index (χ0v) is 11.4. The summed E-state index contributed by atoms with van der Waals surface area (Å²) >= 11 is 0. The monoisotopic (exact) mass is 295 g/mol. The number of rotatable bonds is 2. The minimum Gasteiger partial charge on any atom is -0.316 e. The zero-order chi connectivity index (χ0) is 14.9. The number of nitrogens with zero attached hydrogens (tertiary/aromatic N) is 2. The molecule has 0 amide bonds. The molecular formula is C15H16F3N3. The van der Waals surface area contributed by atoms with E-state index in [1.165, 1.54) is 12.1 Å². The van der Waals surface area contributed by atoms with Crippen molar-refractivity contribution in [3.63, 3.8) is 0 Å². The molecule has 21 heavy (non-hydrogen) atoms. The third kappa shape index (κ3) is 2.95. The quantitative estimate of drug-likeness (QED) is 0.920. The van der Waals surface area contributed by atoms with Gasteiger partial charge in [-0.2, -0.15) is 13.2 Å². The Morgan fingerprint density at radius 3 is 2.57 bits per heavy atom. The van der Waals surface area contributed by atoms with Gasteiger partial charge in [0.2, 0.25) is 0 Å². The highest BCUT2D eigenvalue weighted by Gasteiger charge is 2.30. The van der Waals surface area contributed by atoms with Crippen molar-refractivity contribution in [2.45, 2.75) is 24.9 Å². The fraction of sp³-hybridized carbons (Fsp3) is 0.400. The molecule has 1 aliphatic rings. The highest BCUT2D eigenvalue weighted by atomic mass is 19.4. The Labute approximate surface area is 120 Å². The van der Waals surface area contributed by atoms with Crippen LogP contribution in [0.3, 0.4) is 0 Å². The van der Waals surface area contributed by atoms with Crippen molar-refractivity contribution in [3.8, 4) is 5.69 Å². The van der Waals surface area contributed by atoms with Gasteiger partial charge in [-0.25, -0.2) is 4.98 Å². The molecule has 1 saturated heterocycles. The van der Waals surface area contributed by atoms with Crippen molar-refractivity contribution in [1.29, 1.82) is 0 Å². The van der Waals surface area contributed by atoms with Crippen LogP contribution in [0.4, 0.5) is 13.2 Å². The molecule has 112 valence electrons. The standard InChI is InChI=1S/C15H16F3N3/c16-15(17,18)12-3-5-13(6-4-12)21-10-20-9-14(21)11-2-1-7-19-8-11/h3-6,9-11,19H,1-2,7-8H2. The van der Waals surface area contributed by atoms with Gasteiger partial charge in [0.05, 0.1) is 11.9 Å². The molecule has 3 rings (SSSR count).